The van der Waals surface area contributed by atoms with E-state index in [4.69, 9.17) is 4.74 Å². The van der Waals surface area contributed by atoms with Crippen molar-refractivity contribution < 1.29 is 24.9 Å². The molecular formula is C32H55NO5. The van der Waals surface area contributed by atoms with Gasteiger partial charge in [0.15, 0.2) is 0 Å². The van der Waals surface area contributed by atoms with E-state index in [1.165, 1.54) is 25.7 Å². The van der Waals surface area contributed by atoms with Gasteiger partial charge in [0.1, 0.15) is 0 Å². The molecule has 3 N–H and O–H groups in total. The second-order valence-electron chi connectivity index (χ2n) is 14.6. The molecule has 5 rings (SSSR count). The van der Waals surface area contributed by atoms with E-state index < -0.39 is 0 Å². The Morgan fingerprint density at radius 2 is 1.76 bits per heavy atom. The quantitative estimate of drug-likeness (QED) is 0.421. The van der Waals surface area contributed by atoms with Crippen LogP contribution in [0.4, 0.5) is 4.79 Å². The molecule has 12 atom stereocenters. The zero-order chi connectivity index (χ0) is 27.2. The van der Waals surface area contributed by atoms with Crippen molar-refractivity contribution in [3.05, 3.63) is 0 Å². The van der Waals surface area contributed by atoms with Crippen LogP contribution in [0.1, 0.15) is 98.3 Å². The van der Waals surface area contributed by atoms with Crippen molar-refractivity contribution in [1.29, 1.82) is 0 Å². The summed E-state index contributed by atoms with van der Waals surface area (Å²) >= 11 is 0. The van der Waals surface area contributed by atoms with Gasteiger partial charge in [0.05, 0.1) is 18.8 Å². The summed E-state index contributed by atoms with van der Waals surface area (Å²) in [6.45, 7) is 11.6. The predicted octanol–water partition coefficient (Wildman–Crippen LogP) is 5.48. The van der Waals surface area contributed by atoms with Crippen molar-refractivity contribution >= 4 is 6.09 Å². The minimum atomic E-state index is -0.250. The molecule has 0 spiro atoms. The number of amides is 1. The van der Waals surface area contributed by atoms with Gasteiger partial charge in [0.2, 0.25) is 0 Å². The molecule has 6 nitrogen and oxygen atoms in total. The molecule has 3 unspecified atom stereocenters. The average Bonchev–Trinajstić information content (AvgIpc) is 3.27. The molecule has 0 radical (unpaired) electrons. The van der Waals surface area contributed by atoms with E-state index in [0.29, 0.717) is 54.6 Å². The van der Waals surface area contributed by atoms with Crippen molar-refractivity contribution in [1.82, 2.24) is 4.90 Å². The molecule has 38 heavy (non-hydrogen) atoms. The maximum absolute atomic E-state index is 12.7. The average molecular weight is 534 g/mol. The Bertz CT molecular complexity index is 837. The van der Waals surface area contributed by atoms with E-state index >= 15 is 0 Å². The molecule has 0 aromatic heterocycles. The first kappa shape index (κ1) is 28.7. The second kappa shape index (κ2) is 11.2. The first-order chi connectivity index (χ1) is 18.1. The highest BCUT2D eigenvalue weighted by Crippen LogP contribution is 2.69. The fourth-order valence-electron chi connectivity index (χ4n) is 10.9. The normalized spacial score (nSPS) is 47.6. The van der Waals surface area contributed by atoms with Crippen LogP contribution in [0.5, 0.6) is 0 Å². The molecule has 1 heterocycles. The highest BCUT2D eigenvalue weighted by Gasteiger charge is 2.64. The van der Waals surface area contributed by atoms with Gasteiger partial charge >= 0.3 is 6.09 Å². The zero-order valence-corrected chi connectivity index (χ0v) is 24.5. The number of aliphatic hydroxyl groups excluding tert-OH is 3. The molecule has 6 heteroatoms. The van der Waals surface area contributed by atoms with Crippen LogP contribution in [-0.2, 0) is 4.74 Å². The summed E-state index contributed by atoms with van der Waals surface area (Å²) in [7, 11) is 0. The van der Waals surface area contributed by atoms with E-state index in [9.17, 15) is 20.1 Å². The van der Waals surface area contributed by atoms with Crippen LogP contribution in [0, 0.1) is 58.2 Å². The highest BCUT2D eigenvalue weighted by atomic mass is 16.6. The Balaban J connectivity index is 1.23. The smallest absolute Gasteiger partial charge is 0.409 e. The maximum Gasteiger partial charge on any atom is 0.409 e. The van der Waals surface area contributed by atoms with Crippen molar-refractivity contribution in [3.63, 3.8) is 0 Å². The third kappa shape index (κ3) is 4.83. The standard InChI is InChI=1S/C32H55NO5/c1-5-23-27-17-22(35)10-13-32(27,4)26-11-14-31(3)24(8-9-25(31)28(26)29(23)36)20(2)12-16-38-30(37)33-15-6-7-21(18-33)19-34/h20-29,34-36H,5-19H2,1-4H3/t20-,21-,22-,23-,24-,25+,26+,27+,28?,29-,31?,32?/m1/s1. The summed E-state index contributed by atoms with van der Waals surface area (Å²) in [5.74, 6) is 3.52. The van der Waals surface area contributed by atoms with Crippen molar-refractivity contribution in [2.75, 3.05) is 26.3 Å². The second-order valence-corrected chi connectivity index (χ2v) is 14.6. The van der Waals surface area contributed by atoms with Crippen molar-refractivity contribution in [3.8, 4) is 0 Å². The SMILES string of the molecule is CC[C@H]1[C@@H](O)C2[C@@H]3CC[C@H]([C@H](C)CCOC(=O)N4CCC[C@@H](CO)C4)C3(C)CC[C@@H]2C2(C)CC[C@@H](O)C[C@@H]12. The molecule has 1 saturated heterocycles. The summed E-state index contributed by atoms with van der Waals surface area (Å²) < 4.78 is 5.73. The fraction of sp³-hybridized carbons (Fsp3) is 0.969. The zero-order valence-electron chi connectivity index (χ0n) is 24.5. The number of carbonyl (C=O) groups excluding carboxylic acids is 1. The van der Waals surface area contributed by atoms with Crippen molar-refractivity contribution in [2.45, 2.75) is 111 Å². The van der Waals surface area contributed by atoms with Gasteiger partial charge in [-0.2, -0.15) is 0 Å². The van der Waals surface area contributed by atoms with E-state index in [0.717, 1.165) is 51.5 Å². The number of aliphatic hydroxyl groups is 3. The lowest BCUT2D eigenvalue weighted by atomic mass is 9.41. The molecular weight excluding hydrogens is 478 g/mol. The Kier molecular flexibility index (Phi) is 8.45. The molecule has 1 amide bonds. The van der Waals surface area contributed by atoms with E-state index in [-0.39, 0.29) is 41.7 Å². The third-order valence-electron chi connectivity index (χ3n) is 13.0. The number of piperidine rings is 1. The van der Waals surface area contributed by atoms with Crippen molar-refractivity contribution in [2.24, 2.45) is 58.2 Å². The molecule has 5 aliphatic rings. The van der Waals surface area contributed by atoms with Crippen LogP contribution < -0.4 is 0 Å². The number of ether oxygens (including phenoxy) is 1. The van der Waals surface area contributed by atoms with Crippen LogP contribution in [-0.4, -0.2) is 64.8 Å². The lowest BCUT2D eigenvalue weighted by Crippen LogP contribution is -2.62. The molecule has 218 valence electrons. The minimum Gasteiger partial charge on any atom is -0.449 e. The summed E-state index contributed by atoms with van der Waals surface area (Å²) in [6.07, 6.45) is 10.9. The van der Waals surface area contributed by atoms with Crippen LogP contribution in [0.3, 0.4) is 0 Å². The van der Waals surface area contributed by atoms with Gasteiger partial charge in [-0.25, -0.2) is 4.79 Å². The number of rotatable bonds is 6. The van der Waals surface area contributed by atoms with Crippen LogP contribution in [0.25, 0.3) is 0 Å². The molecule has 4 aliphatic carbocycles. The lowest BCUT2D eigenvalue weighted by Gasteiger charge is -2.64. The third-order valence-corrected chi connectivity index (χ3v) is 13.0. The maximum atomic E-state index is 12.7. The first-order valence-electron chi connectivity index (χ1n) is 16.0. The predicted molar refractivity (Wildman–Crippen MR) is 148 cm³/mol. The van der Waals surface area contributed by atoms with E-state index in [1.54, 1.807) is 4.90 Å². The van der Waals surface area contributed by atoms with Gasteiger partial charge in [-0.1, -0.05) is 34.1 Å². The summed E-state index contributed by atoms with van der Waals surface area (Å²) in [6, 6.07) is 0. The van der Waals surface area contributed by atoms with Gasteiger partial charge in [-0.3, -0.25) is 0 Å². The number of fused-ring (bicyclic) bond motifs is 5. The molecule has 5 fully saturated rings. The number of likely N-dealkylation sites (tertiary alicyclic amines) is 1. The largest absolute Gasteiger partial charge is 0.449 e. The van der Waals surface area contributed by atoms with E-state index in [2.05, 4.69) is 27.7 Å². The van der Waals surface area contributed by atoms with Gasteiger partial charge in [-0.05, 0) is 122 Å². The Hall–Kier alpha value is -0.850. The van der Waals surface area contributed by atoms with Gasteiger partial charge in [0, 0.05) is 19.7 Å². The number of nitrogens with zero attached hydrogens (tertiary/aromatic N) is 1. The molecule has 0 bridgehead atoms. The molecule has 0 aromatic rings. The molecule has 4 saturated carbocycles. The summed E-state index contributed by atoms with van der Waals surface area (Å²) in [5, 5.41) is 31.9. The Morgan fingerprint density at radius 1 is 1.03 bits per heavy atom. The molecule has 0 aromatic carbocycles. The number of hydrogen-bond donors (Lipinski definition) is 3. The monoisotopic (exact) mass is 533 g/mol. The lowest BCUT2D eigenvalue weighted by molar-refractivity contribution is -0.203. The van der Waals surface area contributed by atoms with Gasteiger partial charge in [0.25, 0.3) is 0 Å². The number of carbonyl (C=O) groups is 1. The highest BCUT2D eigenvalue weighted by molar-refractivity contribution is 5.67. The topological polar surface area (TPSA) is 90.2 Å². The van der Waals surface area contributed by atoms with Gasteiger partial charge < -0.3 is 25.0 Å². The fourth-order valence-corrected chi connectivity index (χ4v) is 10.9. The minimum absolute atomic E-state index is 0.138. The van der Waals surface area contributed by atoms with Crippen LogP contribution >= 0.6 is 0 Å². The summed E-state index contributed by atoms with van der Waals surface area (Å²) in [5.41, 5.74) is 0.481. The van der Waals surface area contributed by atoms with Gasteiger partial charge in [-0.15, -0.1) is 0 Å². The number of hydrogen-bond acceptors (Lipinski definition) is 5. The Labute approximate surface area is 230 Å². The first-order valence-corrected chi connectivity index (χ1v) is 16.0. The van der Waals surface area contributed by atoms with E-state index in [1.807, 2.05) is 0 Å². The van der Waals surface area contributed by atoms with Crippen LogP contribution in [0.2, 0.25) is 0 Å². The van der Waals surface area contributed by atoms with Crippen LogP contribution in [0.15, 0.2) is 0 Å². The molecule has 1 aliphatic heterocycles. The summed E-state index contributed by atoms with van der Waals surface area (Å²) in [4.78, 5) is 14.4. The Morgan fingerprint density at radius 3 is 2.50 bits per heavy atom.